The highest BCUT2D eigenvalue weighted by Crippen LogP contribution is 2.31. The van der Waals surface area contributed by atoms with Crippen molar-refractivity contribution in [1.29, 1.82) is 0 Å². The van der Waals surface area contributed by atoms with Gasteiger partial charge in [-0.1, -0.05) is 5.57 Å². The van der Waals surface area contributed by atoms with E-state index in [1.807, 2.05) is 11.8 Å². The molecule has 0 radical (unpaired) electrons. The Morgan fingerprint density at radius 1 is 1.30 bits per heavy atom. The lowest BCUT2D eigenvalue weighted by Crippen LogP contribution is -2.45. The number of benzene rings is 1. The minimum Gasteiger partial charge on any atom is -0.314 e. The average Bonchev–Trinajstić information content (AvgIpc) is 2.41. The molecule has 0 spiro atoms. The van der Waals surface area contributed by atoms with Gasteiger partial charge >= 0.3 is 0 Å². The van der Waals surface area contributed by atoms with E-state index in [4.69, 9.17) is 0 Å². The summed E-state index contributed by atoms with van der Waals surface area (Å²) in [5.41, 5.74) is 0.935. The van der Waals surface area contributed by atoms with Crippen LogP contribution in [-0.2, 0) is 0 Å². The first kappa shape index (κ1) is 15.1. The molecule has 1 N–H and O–H groups in total. The second-order valence-electron chi connectivity index (χ2n) is 5.25. The number of halogens is 3. The Hall–Kier alpha value is -1.33. The smallest absolute Gasteiger partial charge is 0.163 e. The zero-order valence-electron chi connectivity index (χ0n) is 11.6. The Balaban J connectivity index is 2.37. The van der Waals surface area contributed by atoms with Crippen molar-refractivity contribution >= 4 is 0 Å². The Labute approximate surface area is 117 Å². The molecule has 1 aromatic carbocycles. The molecule has 1 heterocycles. The Morgan fingerprint density at radius 2 is 1.95 bits per heavy atom. The number of nitrogens with one attached hydrogen (secondary N) is 1. The highest BCUT2D eigenvalue weighted by Gasteiger charge is 2.26. The maximum atomic E-state index is 14.0. The molecule has 110 valence electrons. The van der Waals surface area contributed by atoms with Crippen molar-refractivity contribution in [2.24, 2.45) is 0 Å². The van der Waals surface area contributed by atoms with E-state index in [2.05, 4.69) is 11.9 Å². The van der Waals surface area contributed by atoms with Crippen molar-refractivity contribution in [1.82, 2.24) is 10.2 Å². The van der Waals surface area contributed by atoms with Crippen molar-refractivity contribution in [3.63, 3.8) is 0 Å². The van der Waals surface area contributed by atoms with Gasteiger partial charge in [-0.05, 0) is 19.4 Å². The molecule has 1 aliphatic rings. The number of hydrogen-bond donors (Lipinski definition) is 1. The summed E-state index contributed by atoms with van der Waals surface area (Å²) in [7, 11) is 0. The van der Waals surface area contributed by atoms with E-state index in [0.29, 0.717) is 12.5 Å². The molecule has 0 unspecified atom stereocenters. The lowest BCUT2D eigenvalue weighted by molar-refractivity contribution is 0.168. The molecule has 0 saturated carbocycles. The van der Waals surface area contributed by atoms with Crippen LogP contribution in [0.25, 0.3) is 0 Å². The van der Waals surface area contributed by atoms with E-state index in [-0.39, 0.29) is 11.6 Å². The summed E-state index contributed by atoms with van der Waals surface area (Å²) in [5.74, 6) is -2.85. The number of piperazine rings is 1. The topological polar surface area (TPSA) is 15.3 Å². The second kappa shape index (κ2) is 6.41. The molecule has 5 heteroatoms. The first-order chi connectivity index (χ1) is 9.49. The molecule has 0 aromatic heterocycles. The lowest BCUT2D eigenvalue weighted by atomic mass is 9.97. The van der Waals surface area contributed by atoms with Gasteiger partial charge in [-0.3, -0.25) is 4.90 Å². The van der Waals surface area contributed by atoms with E-state index in [1.165, 1.54) is 0 Å². The average molecular weight is 284 g/mol. The monoisotopic (exact) mass is 284 g/mol. The lowest BCUT2D eigenvalue weighted by Gasteiger charge is -2.35. The summed E-state index contributed by atoms with van der Waals surface area (Å²) in [5, 5.41) is 3.21. The van der Waals surface area contributed by atoms with Crippen LogP contribution in [0.1, 0.15) is 24.9 Å². The van der Waals surface area contributed by atoms with Gasteiger partial charge in [0.05, 0.1) is 0 Å². The van der Waals surface area contributed by atoms with E-state index in [9.17, 15) is 13.2 Å². The van der Waals surface area contributed by atoms with Gasteiger partial charge in [0.15, 0.2) is 11.6 Å². The molecule has 1 saturated heterocycles. The van der Waals surface area contributed by atoms with Gasteiger partial charge in [0, 0.05) is 43.9 Å². The maximum absolute atomic E-state index is 14.0. The third kappa shape index (κ3) is 3.41. The summed E-state index contributed by atoms with van der Waals surface area (Å²) in [6, 6.07) is 1.29. The first-order valence-corrected chi connectivity index (χ1v) is 6.72. The molecule has 1 aliphatic heterocycles. The molecule has 2 nitrogen and oxygen atoms in total. The van der Waals surface area contributed by atoms with Crippen LogP contribution in [-0.4, -0.2) is 31.1 Å². The zero-order valence-corrected chi connectivity index (χ0v) is 11.6. The van der Waals surface area contributed by atoms with Crippen LogP contribution in [0.15, 0.2) is 24.3 Å². The van der Waals surface area contributed by atoms with Gasteiger partial charge in [0.2, 0.25) is 0 Å². The third-order valence-corrected chi connectivity index (χ3v) is 3.51. The van der Waals surface area contributed by atoms with Crippen molar-refractivity contribution in [2.75, 3.05) is 26.2 Å². The Kier molecular flexibility index (Phi) is 4.83. The van der Waals surface area contributed by atoms with E-state index in [1.54, 1.807) is 0 Å². The molecule has 1 aromatic rings. The SMILES string of the molecule is C=C(C)C[C@@H](c1cc(F)cc(F)c1F)N1CCNCC1. The second-order valence-corrected chi connectivity index (χ2v) is 5.25. The molecule has 0 aliphatic carbocycles. The molecule has 0 bridgehead atoms. The highest BCUT2D eigenvalue weighted by atomic mass is 19.2. The van der Waals surface area contributed by atoms with Crippen molar-refractivity contribution in [3.05, 3.63) is 47.3 Å². The molecule has 20 heavy (non-hydrogen) atoms. The van der Waals surface area contributed by atoms with Crippen LogP contribution in [0, 0.1) is 17.5 Å². The fraction of sp³-hybridized carbons (Fsp3) is 0.467. The van der Waals surface area contributed by atoms with Crippen LogP contribution in [0.2, 0.25) is 0 Å². The Bertz CT molecular complexity index is 496. The highest BCUT2D eigenvalue weighted by molar-refractivity contribution is 5.25. The summed E-state index contributed by atoms with van der Waals surface area (Å²) in [4.78, 5) is 2.04. The molecule has 1 atom stereocenters. The summed E-state index contributed by atoms with van der Waals surface area (Å²) < 4.78 is 40.9. The van der Waals surface area contributed by atoms with E-state index in [0.717, 1.165) is 37.8 Å². The molecular weight excluding hydrogens is 265 g/mol. The van der Waals surface area contributed by atoms with Crippen LogP contribution in [0.4, 0.5) is 13.2 Å². The number of hydrogen-bond acceptors (Lipinski definition) is 2. The predicted octanol–water partition coefficient (Wildman–Crippen LogP) is 3.02. The number of rotatable bonds is 4. The van der Waals surface area contributed by atoms with Gasteiger partial charge in [-0.25, -0.2) is 13.2 Å². The summed E-state index contributed by atoms with van der Waals surface area (Å²) in [6.45, 7) is 8.68. The molecular formula is C15H19F3N2. The fourth-order valence-corrected chi connectivity index (χ4v) is 2.58. The normalized spacial score (nSPS) is 18.0. The third-order valence-electron chi connectivity index (χ3n) is 3.51. The minimum absolute atomic E-state index is 0.0763. The molecule has 2 rings (SSSR count). The fourth-order valence-electron chi connectivity index (χ4n) is 2.58. The quantitative estimate of drug-likeness (QED) is 0.675. The maximum Gasteiger partial charge on any atom is 0.163 e. The standard InChI is InChI=1S/C15H19F3N2/c1-10(2)7-14(20-5-3-19-4-6-20)12-8-11(16)9-13(17)15(12)18/h8-9,14,19H,1,3-7H2,2H3/t14-/m0/s1. The zero-order chi connectivity index (χ0) is 14.7. The van der Waals surface area contributed by atoms with E-state index < -0.39 is 17.5 Å². The largest absolute Gasteiger partial charge is 0.314 e. The van der Waals surface area contributed by atoms with Gasteiger partial charge in [-0.2, -0.15) is 0 Å². The van der Waals surface area contributed by atoms with Gasteiger partial charge in [-0.15, -0.1) is 6.58 Å². The molecule has 0 amide bonds. The summed E-state index contributed by atoms with van der Waals surface area (Å²) in [6.07, 6.45) is 0.486. The van der Waals surface area contributed by atoms with Crippen molar-refractivity contribution < 1.29 is 13.2 Å². The minimum atomic E-state index is -1.14. The van der Waals surface area contributed by atoms with Gasteiger partial charge in [0.1, 0.15) is 5.82 Å². The number of nitrogens with zero attached hydrogens (tertiary/aromatic N) is 1. The van der Waals surface area contributed by atoms with Crippen molar-refractivity contribution in [2.45, 2.75) is 19.4 Å². The van der Waals surface area contributed by atoms with Crippen LogP contribution in [0.5, 0.6) is 0 Å². The van der Waals surface area contributed by atoms with Crippen LogP contribution >= 0.6 is 0 Å². The van der Waals surface area contributed by atoms with E-state index >= 15 is 0 Å². The van der Waals surface area contributed by atoms with Gasteiger partial charge < -0.3 is 5.32 Å². The van der Waals surface area contributed by atoms with Crippen LogP contribution < -0.4 is 5.32 Å². The summed E-state index contributed by atoms with van der Waals surface area (Å²) >= 11 is 0. The van der Waals surface area contributed by atoms with Gasteiger partial charge in [0.25, 0.3) is 0 Å². The predicted molar refractivity (Wildman–Crippen MR) is 72.9 cm³/mol. The van der Waals surface area contributed by atoms with Crippen LogP contribution in [0.3, 0.4) is 0 Å². The molecule has 1 fully saturated rings. The Morgan fingerprint density at radius 3 is 2.55 bits per heavy atom. The first-order valence-electron chi connectivity index (χ1n) is 6.72. The van der Waals surface area contributed by atoms with Crippen molar-refractivity contribution in [3.8, 4) is 0 Å².